The third kappa shape index (κ3) is 1.69. The van der Waals surface area contributed by atoms with Gasteiger partial charge in [-0.3, -0.25) is 0 Å². The molecule has 0 aliphatic carbocycles. The number of hydrogen-bond donors (Lipinski definition) is 0. The molecule has 0 radical (unpaired) electrons. The van der Waals surface area contributed by atoms with Gasteiger partial charge in [0.05, 0.1) is 27.3 Å². The molecule has 2 nitrogen and oxygen atoms in total. The van der Waals surface area contributed by atoms with E-state index in [2.05, 4.69) is 91.5 Å². The molecular weight excluding hydrogens is 328 g/mol. The van der Waals surface area contributed by atoms with Crippen LogP contribution in [0.3, 0.4) is 0 Å². The summed E-state index contributed by atoms with van der Waals surface area (Å²) in [5, 5.41) is 6.74. The summed E-state index contributed by atoms with van der Waals surface area (Å²) < 4.78 is 4.79. The van der Waals surface area contributed by atoms with Crippen LogP contribution in [0.4, 0.5) is 0 Å². The number of fused-ring (bicyclic) bond motifs is 5. The molecule has 0 bridgehead atoms. The minimum absolute atomic E-state index is 1.29. The van der Waals surface area contributed by atoms with Gasteiger partial charge in [-0.25, -0.2) is 4.57 Å². The Hall–Kier alpha value is -3.13. The Balaban J connectivity index is 2.17. The van der Waals surface area contributed by atoms with E-state index in [1.165, 1.54) is 65.7 Å². The molecule has 0 fully saturated rings. The average Bonchev–Trinajstić information content (AvgIpc) is 2.98. The van der Waals surface area contributed by atoms with Crippen molar-refractivity contribution in [3.63, 3.8) is 0 Å². The van der Waals surface area contributed by atoms with Gasteiger partial charge in [-0.05, 0) is 61.0 Å². The lowest BCUT2D eigenvalue weighted by Gasteiger charge is -2.14. The second kappa shape index (κ2) is 4.77. The summed E-state index contributed by atoms with van der Waals surface area (Å²) in [6, 6.07) is 18.1. The molecule has 6 rings (SSSR count). The highest BCUT2D eigenvalue weighted by atomic mass is 15.0. The number of aromatic nitrogens is 2. The van der Waals surface area contributed by atoms with Crippen molar-refractivity contribution in [2.75, 3.05) is 0 Å². The Morgan fingerprint density at radius 2 is 1.63 bits per heavy atom. The Morgan fingerprint density at radius 3 is 2.48 bits per heavy atom. The minimum atomic E-state index is 1.29. The van der Waals surface area contributed by atoms with Crippen LogP contribution in [0.2, 0.25) is 0 Å². The Bertz CT molecular complexity index is 1550. The molecule has 0 aliphatic rings. The van der Waals surface area contributed by atoms with Crippen molar-refractivity contribution >= 4 is 49.0 Å². The predicted molar refractivity (Wildman–Crippen MR) is 114 cm³/mol. The topological polar surface area (TPSA) is 8.29 Å². The third-order valence-electron chi connectivity index (χ3n) is 6.32. The Kier molecular flexibility index (Phi) is 2.65. The first-order chi connectivity index (χ1) is 13.1. The van der Waals surface area contributed by atoms with Crippen LogP contribution in [0, 0.1) is 20.8 Å². The highest BCUT2D eigenvalue weighted by Crippen LogP contribution is 2.41. The smallest absolute Gasteiger partial charge is 0.224 e. The number of para-hydroxylation sites is 1. The van der Waals surface area contributed by atoms with Gasteiger partial charge in [0.1, 0.15) is 7.05 Å². The molecule has 3 aromatic heterocycles. The van der Waals surface area contributed by atoms with Crippen LogP contribution in [-0.2, 0) is 7.05 Å². The van der Waals surface area contributed by atoms with E-state index in [1.54, 1.807) is 0 Å². The van der Waals surface area contributed by atoms with Gasteiger partial charge in [-0.2, -0.15) is 0 Å². The normalized spacial score (nSPS) is 12.4. The summed E-state index contributed by atoms with van der Waals surface area (Å²) in [7, 11) is 2.17. The standard InChI is InChI=1S/C25H21N2/c1-14-11-17-9-10-26(4)25-22-16(3)15(2)13-19-18-7-5-6-8-20(18)27(24(19)22)21(12-14)23(17)25/h5-13H,1-4H3/q+1. The molecule has 0 saturated carbocycles. The molecule has 0 spiro atoms. The summed E-state index contributed by atoms with van der Waals surface area (Å²) in [5.74, 6) is 0. The largest absolute Gasteiger partial charge is 0.307 e. The lowest BCUT2D eigenvalue weighted by Crippen LogP contribution is -2.29. The second-order valence-electron chi connectivity index (χ2n) is 7.97. The molecule has 0 saturated heterocycles. The molecule has 27 heavy (non-hydrogen) atoms. The van der Waals surface area contributed by atoms with Crippen molar-refractivity contribution in [2.45, 2.75) is 20.8 Å². The van der Waals surface area contributed by atoms with Crippen molar-refractivity contribution in [2.24, 2.45) is 7.05 Å². The zero-order valence-corrected chi connectivity index (χ0v) is 16.1. The van der Waals surface area contributed by atoms with Gasteiger partial charge in [0.25, 0.3) is 0 Å². The number of aryl methyl sites for hydroxylation is 4. The summed E-state index contributed by atoms with van der Waals surface area (Å²) >= 11 is 0. The Labute approximate surface area is 157 Å². The highest BCUT2D eigenvalue weighted by Gasteiger charge is 2.24. The molecule has 0 unspecified atom stereocenters. The number of nitrogens with zero attached hydrogens (tertiary/aromatic N) is 2. The molecule has 6 aromatic rings. The van der Waals surface area contributed by atoms with Crippen molar-refractivity contribution in [3.8, 4) is 0 Å². The molecule has 3 aromatic carbocycles. The van der Waals surface area contributed by atoms with Crippen LogP contribution < -0.4 is 4.57 Å². The molecule has 130 valence electrons. The van der Waals surface area contributed by atoms with Gasteiger partial charge in [-0.15, -0.1) is 0 Å². The quantitative estimate of drug-likeness (QED) is 0.188. The van der Waals surface area contributed by atoms with Crippen molar-refractivity contribution in [3.05, 3.63) is 71.4 Å². The average molecular weight is 349 g/mol. The van der Waals surface area contributed by atoms with Crippen LogP contribution in [0.25, 0.3) is 49.0 Å². The van der Waals surface area contributed by atoms with Crippen LogP contribution in [0.5, 0.6) is 0 Å². The van der Waals surface area contributed by atoms with Gasteiger partial charge in [0, 0.05) is 16.8 Å². The van der Waals surface area contributed by atoms with Crippen LogP contribution in [-0.4, -0.2) is 4.40 Å². The minimum Gasteiger partial charge on any atom is -0.307 e. The van der Waals surface area contributed by atoms with Crippen molar-refractivity contribution in [1.82, 2.24) is 4.40 Å². The number of pyridine rings is 2. The van der Waals surface area contributed by atoms with Crippen molar-refractivity contribution < 1.29 is 4.57 Å². The SMILES string of the molecule is Cc1cc2cc[n+](C)c3c4c(C)c(C)cc5c6ccccc6n(c(c1)c23)c54. The lowest BCUT2D eigenvalue weighted by atomic mass is 9.96. The summed E-state index contributed by atoms with van der Waals surface area (Å²) in [4.78, 5) is 0. The fourth-order valence-electron chi connectivity index (χ4n) is 5.00. The van der Waals surface area contributed by atoms with E-state index in [9.17, 15) is 0 Å². The van der Waals surface area contributed by atoms with Crippen molar-refractivity contribution in [1.29, 1.82) is 0 Å². The van der Waals surface area contributed by atoms with Gasteiger partial charge in [0.15, 0.2) is 6.20 Å². The lowest BCUT2D eigenvalue weighted by molar-refractivity contribution is -0.643. The van der Waals surface area contributed by atoms with Gasteiger partial charge >= 0.3 is 0 Å². The van der Waals surface area contributed by atoms with E-state index >= 15 is 0 Å². The van der Waals surface area contributed by atoms with E-state index in [1.807, 2.05) is 0 Å². The summed E-state index contributed by atoms with van der Waals surface area (Å²) in [6.07, 6.45) is 2.20. The van der Waals surface area contributed by atoms with E-state index in [4.69, 9.17) is 0 Å². The van der Waals surface area contributed by atoms with Crippen LogP contribution in [0.1, 0.15) is 16.7 Å². The molecule has 0 amide bonds. The maximum absolute atomic E-state index is 2.49. The van der Waals surface area contributed by atoms with E-state index < -0.39 is 0 Å². The molecule has 2 heteroatoms. The molecule has 0 aliphatic heterocycles. The third-order valence-corrected chi connectivity index (χ3v) is 6.32. The highest BCUT2D eigenvalue weighted by molar-refractivity contribution is 6.26. The first-order valence-corrected chi connectivity index (χ1v) is 9.53. The fourth-order valence-corrected chi connectivity index (χ4v) is 5.00. The Morgan fingerprint density at radius 1 is 0.815 bits per heavy atom. The summed E-state index contributed by atoms with van der Waals surface area (Å²) in [6.45, 7) is 6.70. The predicted octanol–water partition coefficient (Wildman–Crippen LogP) is 5.74. The molecule has 0 atom stereocenters. The first kappa shape index (κ1) is 15.0. The number of hydrogen-bond acceptors (Lipinski definition) is 0. The monoisotopic (exact) mass is 349 g/mol. The second-order valence-corrected chi connectivity index (χ2v) is 7.97. The van der Waals surface area contributed by atoms with Crippen LogP contribution >= 0.6 is 0 Å². The zero-order chi connectivity index (χ0) is 18.4. The fraction of sp³-hybridized carbons (Fsp3) is 0.160. The number of benzene rings is 3. The zero-order valence-electron chi connectivity index (χ0n) is 16.1. The molecule has 0 N–H and O–H groups in total. The number of rotatable bonds is 0. The van der Waals surface area contributed by atoms with Gasteiger partial charge < -0.3 is 4.40 Å². The van der Waals surface area contributed by atoms with Crippen LogP contribution in [0.15, 0.2) is 54.7 Å². The first-order valence-electron chi connectivity index (χ1n) is 9.53. The van der Waals surface area contributed by atoms with E-state index in [-0.39, 0.29) is 0 Å². The molecular formula is C25H21N2+. The van der Waals surface area contributed by atoms with Gasteiger partial charge in [0.2, 0.25) is 5.52 Å². The summed E-state index contributed by atoms with van der Waals surface area (Å²) in [5.41, 5.74) is 9.31. The van der Waals surface area contributed by atoms with E-state index in [0.717, 1.165) is 0 Å². The molecule has 3 heterocycles. The maximum Gasteiger partial charge on any atom is 0.224 e. The van der Waals surface area contributed by atoms with E-state index in [0.29, 0.717) is 0 Å². The van der Waals surface area contributed by atoms with Gasteiger partial charge in [-0.1, -0.05) is 24.3 Å². The maximum atomic E-state index is 2.49.